The van der Waals surface area contributed by atoms with Crippen molar-refractivity contribution in [2.24, 2.45) is 7.05 Å². The third kappa shape index (κ3) is 3.22. The fourth-order valence-corrected chi connectivity index (χ4v) is 3.15. The Morgan fingerprint density at radius 3 is 2.78 bits per heavy atom. The van der Waals surface area contributed by atoms with Gasteiger partial charge in [-0.15, -0.1) is 5.10 Å². The second-order valence-electron chi connectivity index (χ2n) is 6.02. The Morgan fingerprint density at radius 2 is 2.19 bits per heavy atom. The number of aliphatic hydroxyl groups is 1. The fraction of sp³-hybridized carbons (Fsp3) is 0.235. The predicted octanol–water partition coefficient (Wildman–Crippen LogP) is 1.91. The number of cyclic esters (lactones) is 1. The lowest BCUT2D eigenvalue weighted by Gasteiger charge is -2.15. The summed E-state index contributed by atoms with van der Waals surface area (Å²) in [5.74, 6) is 0.564. The van der Waals surface area contributed by atoms with Crippen LogP contribution in [-0.2, 0) is 11.8 Å². The molecule has 1 N–H and O–H groups in total. The summed E-state index contributed by atoms with van der Waals surface area (Å²) in [6.45, 7) is 0.0696. The lowest BCUT2D eigenvalue weighted by molar-refractivity contribution is 0.0963. The van der Waals surface area contributed by atoms with Crippen molar-refractivity contribution in [1.82, 2.24) is 25.2 Å². The molecule has 0 unspecified atom stereocenters. The summed E-state index contributed by atoms with van der Waals surface area (Å²) in [6, 6.07) is 8.98. The molecule has 3 aromatic rings. The molecule has 1 amide bonds. The summed E-state index contributed by atoms with van der Waals surface area (Å²) in [7, 11) is 1.74. The molecule has 1 atom stereocenters. The summed E-state index contributed by atoms with van der Waals surface area (Å²) in [5.41, 5.74) is 2.86. The second kappa shape index (κ2) is 6.93. The molecule has 0 bridgehead atoms. The van der Waals surface area contributed by atoms with E-state index in [4.69, 9.17) is 21.4 Å². The molecule has 27 heavy (non-hydrogen) atoms. The first kappa shape index (κ1) is 17.4. The first-order valence-corrected chi connectivity index (χ1v) is 8.52. The first-order chi connectivity index (χ1) is 13.1. The largest absolute Gasteiger partial charge is 0.441 e. The average molecular weight is 387 g/mol. The van der Waals surface area contributed by atoms with E-state index < -0.39 is 12.2 Å². The molecule has 1 aliphatic rings. The van der Waals surface area contributed by atoms with Crippen molar-refractivity contribution in [1.29, 1.82) is 0 Å². The standard InChI is InChI=1S/C17H15ClN6O3/c1-23-16(20-21-22-23)15-5-2-10(7-19-15)13-4-3-11(6-14(13)18)24-8-12(9-25)27-17(24)26/h2-7,12,25H,8-9H2,1H3/t12-/m1/s1. The Labute approximate surface area is 159 Å². The smallest absolute Gasteiger partial charge is 0.414 e. The number of aliphatic hydroxyl groups excluding tert-OH is 1. The highest BCUT2D eigenvalue weighted by atomic mass is 35.5. The molecule has 1 fully saturated rings. The minimum absolute atomic E-state index is 0.215. The number of amides is 1. The van der Waals surface area contributed by atoms with Crippen molar-refractivity contribution in [3.63, 3.8) is 0 Å². The third-order valence-corrected chi connectivity index (χ3v) is 4.58. The van der Waals surface area contributed by atoms with Gasteiger partial charge in [-0.1, -0.05) is 23.7 Å². The number of carbonyl (C=O) groups excluding carboxylic acids is 1. The maximum Gasteiger partial charge on any atom is 0.414 e. The predicted molar refractivity (Wildman–Crippen MR) is 97.2 cm³/mol. The monoisotopic (exact) mass is 386 g/mol. The van der Waals surface area contributed by atoms with Gasteiger partial charge in [0.1, 0.15) is 11.8 Å². The molecule has 1 aromatic carbocycles. The molecular formula is C17H15ClN6O3. The van der Waals surface area contributed by atoms with Crippen LogP contribution in [0.4, 0.5) is 10.5 Å². The fourth-order valence-electron chi connectivity index (χ4n) is 2.87. The van der Waals surface area contributed by atoms with E-state index in [2.05, 4.69) is 20.5 Å². The summed E-state index contributed by atoms with van der Waals surface area (Å²) in [6.07, 6.45) is 0.667. The minimum Gasteiger partial charge on any atom is -0.441 e. The number of rotatable bonds is 4. The van der Waals surface area contributed by atoms with Crippen LogP contribution >= 0.6 is 11.6 Å². The van der Waals surface area contributed by atoms with Gasteiger partial charge in [0, 0.05) is 30.1 Å². The van der Waals surface area contributed by atoms with E-state index in [1.54, 1.807) is 30.1 Å². The van der Waals surface area contributed by atoms with Crippen LogP contribution in [0.25, 0.3) is 22.6 Å². The number of hydrogen-bond donors (Lipinski definition) is 1. The molecule has 3 heterocycles. The quantitative estimate of drug-likeness (QED) is 0.729. The van der Waals surface area contributed by atoms with Gasteiger partial charge < -0.3 is 9.84 Å². The average Bonchev–Trinajstić information content (AvgIpc) is 3.27. The number of tetrazole rings is 1. The van der Waals surface area contributed by atoms with Crippen molar-refractivity contribution in [2.45, 2.75) is 6.10 Å². The first-order valence-electron chi connectivity index (χ1n) is 8.14. The lowest BCUT2D eigenvalue weighted by Crippen LogP contribution is -2.25. The van der Waals surface area contributed by atoms with Crippen LogP contribution in [-0.4, -0.2) is 55.6 Å². The van der Waals surface area contributed by atoms with Gasteiger partial charge in [0.15, 0.2) is 5.82 Å². The van der Waals surface area contributed by atoms with Crippen molar-refractivity contribution in [3.8, 4) is 22.6 Å². The third-order valence-electron chi connectivity index (χ3n) is 4.27. The van der Waals surface area contributed by atoms with Crippen LogP contribution in [0.2, 0.25) is 5.02 Å². The number of hydrogen-bond acceptors (Lipinski definition) is 7. The zero-order chi connectivity index (χ0) is 19.0. The van der Waals surface area contributed by atoms with E-state index in [9.17, 15) is 4.79 Å². The molecule has 0 aliphatic carbocycles. The van der Waals surface area contributed by atoms with E-state index in [1.807, 2.05) is 18.2 Å². The summed E-state index contributed by atoms with van der Waals surface area (Å²) in [5, 5.41) is 20.9. The molecule has 0 saturated carbocycles. The Balaban J connectivity index is 1.60. The molecule has 4 rings (SSSR count). The van der Waals surface area contributed by atoms with Crippen LogP contribution in [0.3, 0.4) is 0 Å². The topological polar surface area (TPSA) is 106 Å². The Bertz CT molecular complexity index is 991. The van der Waals surface area contributed by atoms with Gasteiger partial charge in [-0.25, -0.2) is 9.48 Å². The highest BCUT2D eigenvalue weighted by Gasteiger charge is 2.32. The van der Waals surface area contributed by atoms with Crippen LogP contribution in [0, 0.1) is 0 Å². The molecule has 138 valence electrons. The van der Waals surface area contributed by atoms with Crippen LogP contribution in [0.5, 0.6) is 0 Å². The number of ether oxygens (including phenoxy) is 1. The minimum atomic E-state index is -0.525. The number of halogens is 1. The number of nitrogens with zero attached hydrogens (tertiary/aromatic N) is 6. The SMILES string of the molecule is Cn1nnnc1-c1ccc(-c2ccc(N3C[C@H](CO)OC3=O)cc2Cl)cn1. The molecule has 1 saturated heterocycles. The molecule has 2 aromatic heterocycles. The van der Waals surface area contributed by atoms with E-state index in [0.717, 1.165) is 11.1 Å². The number of aromatic nitrogens is 5. The van der Waals surface area contributed by atoms with E-state index in [-0.39, 0.29) is 13.2 Å². The van der Waals surface area contributed by atoms with Gasteiger partial charge in [-0.3, -0.25) is 9.88 Å². The summed E-state index contributed by atoms with van der Waals surface area (Å²) >= 11 is 6.43. The van der Waals surface area contributed by atoms with Crippen molar-refractivity contribution >= 4 is 23.4 Å². The molecule has 0 radical (unpaired) electrons. The lowest BCUT2D eigenvalue weighted by atomic mass is 10.1. The zero-order valence-electron chi connectivity index (χ0n) is 14.3. The molecular weight excluding hydrogens is 372 g/mol. The van der Waals surface area contributed by atoms with Crippen molar-refractivity contribution < 1.29 is 14.6 Å². The van der Waals surface area contributed by atoms with E-state index in [1.165, 1.54) is 4.90 Å². The Hall–Kier alpha value is -3.04. The summed E-state index contributed by atoms with van der Waals surface area (Å²) < 4.78 is 6.60. The van der Waals surface area contributed by atoms with Gasteiger partial charge >= 0.3 is 6.09 Å². The highest BCUT2D eigenvalue weighted by molar-refractivity contribution is 6.33. The Kier molecular flexibility index (Phi) is 4.46. The molecule has 10 heteroatoms. The maximum absolute atomic E-state index is 11.9. The normalized spacial score (nSPS) is 16.6. The molecule has 0 spiro atoms. The van der Waals surface area contributed by atoms with Crippen LogP contribution < -0.4 is 4.90 Å². The summed E-state index contributed by atoms with van der Waals surface area (Å²) in [4.78, 5) is 17.8. The van der Waals surface area contributed by atoms with Crippen molar-refractivity contribution in [3.05, 3.63) is 41.6 Å². The number of aryl methyl sites for hydroxylation is 1. The Morgan fingerprint density at radius 1 is 1.33 bits per heavy atom. The van der Waals surface area contributed by atoms with Gasteiger partial charge in [0.2, 0.25) is 0 Å². The molecule has 1 aliphatic heterocycles. The number of benzene rings is 1. The van der Waals surface area contributed by atoms with E-state index >= 15 is 0 Å². The van der Waals surface area contributed by atoms with Crippen LogP contribution in [0.15, 0.2) is 36.5 Å². The number of carbonyl (C=O) groups is 1. The second-order valence-corrected chi connectivity index (χ2v) is 6.43. The highest BCUT2D eigenvalue weighted by Crippen LogP contribution is 2.33. The van der Waals surface area contributed by atoms with Gasteiger partial charge in [-0.05, 0) is 28.6 Å². The van der Waals surface area contributed by atoms with Gasteiger partial charge in [-0.2, -0.15) is 0 Å². The van der Waals surface area contributed by atoms with Gasteiger partial charge in [0.25, 0.3) is 0 Å². The van der Waals surface area contributed by atoms with Crippen LogP contribution in [0.1, 0.15) is 0 Å². The maximum atomic E-state index is 11.9. The number of pyridine rings is 1. The zero-order valence-corrected chi connectivity index (χ0v) is 15.0. The number of anilines is 1. The van der Waals surface area contributed by atoms with Gasteiger partial charge in [0.05, 0.1) is 18.2 Å². The molecule has 9 nitrogen and oxygen atoms in total. The van der Waals surface area contributed by atoms with E-state index in [0.29, 0.717) is 22.2 Å². The van der Waals surface area contributed by atoms with Crippen molar-refractivity contribution in [2.75, 3.05) is 18.1 Å².